The molecule has 0 aromatic heterocycles. The van der Waals surface area contributed by atoms with Gasteiger partial charge in [0.15, 0.2) is 0 Å². The van der Waals surface area contributed by atoms with Gasteiger partial charge >= 0.3 is 5.97 Å². The molecule has 1 aromatic carbocycles. The smallest absolute Gasteiger partial charge is 0.337 e. The van der Waals surface area contributed by atoms with Gasteiger partial charge in [-0.25, -0.2) is 4.79 Å². The molecule has 0 saturated carbocycles. The molecule has 0 radical (unpaired) electrons. The van der Waals surface area contributed by atoms with E-state index in [1.807, 2.05) is 0 Å². The van der Waals surface area contributed by atoms with E-state index < -0.39 is 5.97 Å². The summed E-state index contributed by atoms with van der Waals surface area (Å²) in [6.07, 6.45) is 5.09. The van der Waals surface area contributed by atoms with Gasteiger partial charge in [-0.05, 0) is 18.2 Å². The van der Waals surface area contributed by atoms with Crippen molar-refractivity contribution in [2.75, 3.05) is 12.8 Å². The second-order valence-corrected chi connectivity index (χ2v) is 2.81. The van der Waals surface area contributed by atoms with Gasteiger partial charge in [0.25, 0.3) is 0 Å². The van der Waals surface area contributed by atoms with Crippen LogP contribution in [0.2, 0.25) is 0 Å². The third-order valence-electron chi connectivity index (χ3n) is 1.89. The first-order chi connectivity index (χ1) is 7.10. The molecule has 4 heteroatoms. The highest BCUT2D eigenvalue weighted by atomic mass is 16.5. The van der Waals surface area contributed by atoms with Crippen LogP contribution in [0.3, 0.4) is 0 Å². The van der Waals surface area contributed by atoms with Crippen LogP contribution in [0.4, 0.5) is 5.69 Å². The number of hydrogen-bond donors (Lipinski definition) is 2. The van der Waals surface area contributed by atoms with Gasteiger partial charge in [0, 0.05) is 11.3 Å². The molecule has 1 rings (SSSR count). The van der Waals surface area contributed by atoms with Crippen molar-refractivity contribution in [3.8, 4) is 12.3 Å². The molecule has 3 N–H and O–H groups in total. The quantitative estimate of drug-likeness (QED) is 0.326. The third-order valence-corrected chi connectivity index (χ3v) is 1.89. The Morgan fingerprint density at radius 2 is 2.27 bits per heavy atom. The van der Waals surface area contributed by atoms with E-state index in [1.54, 1.807) is 0 Å². The molecule has 76 valence electrons. The van der Waals surface area contributed by atoms with Gasteiger partial charge in [0.05, 0.1) is 12.7 Å². The normalized spacial score (nSPS) is 9.07. The second-order valence-electron chi connectivity index (χ2n) is 2.81. The minimum absolute atomic E-state index is 0.0572. The van der Waals surface area contributed by atoms with Crippen LogP contribution in [0.25, 0.3) is 0 Å². The van der Waals surface area contributed by atoms with E-state index in [0.717, 1.165) is 0 Å². The van der Waals surface area contributed by atoms with E-state index in [4.69, 9.17) is 17.6 Å². The molecular weight excluding hydrogens is 192 g/mol. The maximum atomic E-state index is 11.2. The minimum atomic E-state index is -0.485. The van der Waals surface area contributed by atoms with E-state index in [9.17, 15) is 4.79 Å². The van der Waals surface area contributed by atoms with Crippen LogP contribution in [0.5, 0.6) is 0 Å². The van der Waals surface area contributed by atoms with E-state index in [-0.39, 0.29) is 5.71 Å². The van der Waals surface area contributed by atoms with E-state index in [2.05, 4.69) is 10.7 Å². The fourth-order valence-corrected chi connectivity index (χ4v) is 1.10. The Balaban J connectivity index is 3.24. The van der Waals surface area contributed by atoms with Gasteiger partial charge in [-0.3, -0.25) is 5.41 Å². The van der Waals surface area contributed by atoms with E-state index >= 15 is 0 Å². The number of terminal acetylenes is 1. The van der Waals surface area contributed by atoms with Crippen LogP contribution < -0.4 is 5.73 Å². The molecule has 0 aliphatic carbocycles. The van der Waals surface area contributed by atoms with Gasteiger partial charge in [-0.2, -0.15) is 0 Å². The molecular formula is C11H10N2O2. The lowest BCUT2D eigenvalue weighted by molar-refractivity contribution is 0.0601. The Labute approximate surface area is 87.6 Å². The van der Waals surface area contributed by atoms with Crippen molar-refractivity contribution < 1.29 is 9.53 Å². The Morgan fingerprint density at radius 1 is 1.60 bits per heavy atom. The summed E-state index contributed by atoms with van der Waals surface area (Å²) in [7, 11) is 1.28. The van der Waals surface area contributed by atoms with Crippen molar-refractivity contribution in [2.24, 2.45) is 0 Å². The highest BCUT2D eigenvalue weighted by Crippen LogP contribution is 2.15. The summed E-state index contributed by atoms with van der Waals surface area (Å²) < 4.78 is 4.54. The summed E-state index contributed by atoms with van der Waals surface area (Å²) in [5, 5.41) is 7.45. The van der Waals surface area contributed by atoms with Gasteiger partial charge < -0.3 is 10.5 Å². The predicted molar refractivity (Wildman–Crippen MR) is 57.9 cm³/mol. The number of esters is 1. The fourth-order valence-electron chi connectivity index (χ4n) is 1.10. The molecule has 0 fully saturated rings. The number of ether oxygens (including phenoxy) is 1. The summed E-state index contributed by atoms with van der Waals surface area (Å²) in [5.41, 5.74) is 6.61. The number of benzene rings is 1. The van der Waals surface area contributed by atoms with Gasteiger partial charge in [-0.15, -0.1) is 6.42 Å². The van der Waals surface area contributed by atoms with Crippen LogP contribution in [-0.4, -0.2) is 18.8 Å². The molecule has 15 heavy (non-hydrogen) atoms. The number of rotatable bonds is 2. The summed E-state index contributed by atoms with van der Waals surface area (Å²) in [4.78, 5) is 11.2. The molecule has 0 spiro atoms. The number of carbonyl (C=O) groups excluding carboxylic acids is 1. The topological polar surface area (TPSA) is 76.2 Å². The largest absolute Gasteiger partial charge is 0.465 e. The van der Waals surface area contributed by atoms with E-state index in [0.29, 0.717) is 16.8 Å². The monoisotopic (exact) mass is 202 g/mol. The predicted octanol–water partition coefficient (Wildman–Crippen LogP) is 1.06. The molecule has 0 aliphatic rings. The van der Waals surface area contributed by atoms with Crippen molar-refractivity contribution in [1.82, 2.24) is 0 Å². The lowest BCUT2D eigenvalue weighted by Gasteiger charge is -2.05. The number of carbonyl (C=O) groups is 1. The number of nitrogen functional groups attached to an aromatic ring is 1. The van der Waals surface area contributed by atoms with Crippen molar-refractivity contribution >= 4 is 17.4 Å². The zero-order chi connectivity index (χ0) is 11.4. The van der Waals surface area contributed by atoms with Gasteiger partial charge in [0.2, 0.25) is 0 Å². The van der Waals surface area contributed by atoms with Crippen LogP contribution in [-0.2, 0) is 4.74 Å². The van der Waals surface area contributed by atoms with Crippen molar-refractivity contribution in [2.45, 2.75) is 0 Å². The van der Waals surface area contributed by atoms with Crippen molar-refractivity contribution in [1.29, 1.82) is 5.41 Å². The summed E-state index contributed by atoms with van der Waals surface area (Å²) in [6, 6.07) is 4.49. The Morgan fingerprint density at radius 3 is 2.80 bits per heavy atom. The molecule has 0 heterocycles. The number of hydrogen-bond acceptors (Lipinski definition) is 4. The van der Waals surface area contributed by atoms with Crippen LogP contribution >= 0.6 is 0 Å². The highest BCUT2D eigenvalue weighted by molar-refractivity contribution is 6.14. The maximum absolute atomic E-state index is 11.2. The standard InChI is InChI=1S/C11H10N2O2/c1-3-9(12)8-6-7(11(14)15-2)4-5-10(8)13/h1,4-6,12H,13H2,2H3. The average Bonchev–Trinajstić information content (AvgIpc) is 2.27. The Hall–Kier alpha value is -2.28. The molecule has 0 aliphatic heterocycles. The average molecular weight is 202 g/mol. The van der Waals surface area contributed by atoms with Gasteiger partial charge in [0.1, 0.15) is 5.71 Å². The number of methoxy groups -OCH3 is 1. The van der Waals surface area contributed by atoms with Crippen LogP contribution in [0.15, 0.2) is 18.2 Å². The highest BCUT2D eigenvalue weighted by Gasteiger charge is 2.10. The second kappa shape index (κ2) is 4.29. The Kier molecular flexibility index (Phi) is 3.09. The maximum Gasteiger partial charge on any atom is 0.337 e. The lowest BCUT2D eigenvalue weighted by atomic mass is 10.0. The first-order valence-corrected chi connectivity index (χ1v) is 4.13. The lowest BCUT2D eigenvalue weighted by Crippen LogP contribution is -2.06. The summed E-state index contributed by atoms with van der Waals surface area (Å²) in [6.45, 7) is 0. The molecule has 0 atom stereocenters. The molecule has 0 bridgehead atoms. The first-order valence-electron chi connectivity index (χ1n) is 4.13. The number of nitrogens with two attached hydrogens (primary N) is 1. The number of anilines is 1. The first kappa shape index (κ1) is 10.8. The van der Waals surface area contributed by atoms with Crippen molar-refractivity contribution in [3.63, 3.8) is 0 Å². The zero-order valence-corrected chi connectivity index (χ0v) is 8.20. The van der Waals surface area contributed by atoms with Crippen LogP contribution in [0, 0.1) is 17.8 Å². The SMILES string of the molecule is C#CC(=N)c1cc(C(=O)OC)ccc1N. The van der Waals surface area contributed by atoms with Gasteiger partial charge in [-0.1, -0.05) is 5.92 Å². The van der Waals surface area contributed by atoms with Crippen LogP contribution in [0.1, 0.15) is 15.9 Å². The molecule has 4 nitrogen and oxygen atoms in total. The summed E-state index contributed by atoms with van der Waals surface area (Å²) in [5.74, 6) is 1.67. The summed E-state index contributed by atoms with van der Waals surface area (Å²) >= 11 is 0. The third kappa shape index (κ3) is 2.15. The van der Waals surface area contributed by atoms with Crippen molar-refractivity contribution in [3.05, 3.63) is 29.3 Å². The zero-order valence-electron chi connectivity index (χ0n) is 8.20. The molecule has 0 unspecified atom stereocenters. The van der Waals surface area contributed by atoms with E-state index in [1.165, 1.54) is 25.3 Å². The fraction of sp³-hybridized carbons (Fsp3) is 0.0909. The molecule has 0 saturated heterocycles. The number of nitrogens with one attached hydrogen (secondary N) is 1. The Bertz CT molecular complexity index is 458. The molecule has 1 aromatic rings. The minimum Gasteiger partial charge on any atom is -0.465 e. The molecule has 0 amide bonds.